The molecule has 0 heterocycles. The summed E-state index contributed by atoms with van der Waals surface area (Å²) in [6.45, 7) is 2.68. The molecule has 0 aliphatic rings. The Morgan fingerprint density at radius 1 is 1.53 bits per heavy atom. The van der Waals surface area contributed by atoms with Gasteiger partial charge in [0.15, 0.2) is 0 Å². The normalized spacial score (nSPS) is 10.6. The number of hydrogen-bond donors (Lipinski definition) is 3. The van der Waals surface area contributed by atoms with Crippen LogP contribution in [0.25, 0.3) is 0 Å². The molecule has 0 unspecified atom stereocenters. The highest BCUT2D eigenvalue weighted by atomic mass is 16.3. The van der Waals surface area contributed by atoms with E-state index in [1.54, 1.807) is 18.0 Å². The van der Waals surface area contributed by atoms with Gasteiger partial charge in [0, 0.05) is 6.54 Å². The molecule has 0 atom stereocenters. The van der Waals surface area contributed by atoms with Crippen LogP contribution in [-0.2, 0) is 4.79 Å². The van der Waals surface area contributed by atoms with E-state index >= 15 is 0 Å². The maximum absolute atomic E-state index is 11.6. The number of rotatable bonds is 5. The molecule has 0 aliphatic heterocycles. The molecule has 0 saturated heterocycles. The molecule has 1 aromatic carbocycles. The van der Waals surface area contributed by atoms with E-state index in [9.17, 15) is 4.79 Å². The number of anilines is 2. The van der Waals surface area contributed by atoms with Crippen molar-refractivity contribution in [3.63, 3.8) is 0 Å². The number of carbonyl (C=O) groups excluding carboxylic acids is 1. The molecule has 0 aliphatic carbocycles. The van der Waals surface area contributed by atoms with Crippen LogP contribution in [0.15, 0.2) is 18.2 Å². The quantitative estimate of drug-likeness (QED) is 0.649. The monoisotopic (exact) mass is 237 g/mol. The summed E-state index contributed by atoms with van der Waals surface area (Å²) in [7, 11) is 1.77. The van der Waals surface area contributed by atoms with E-state index in [1.165, 1.54) is 0 Å². The highest BCUT2D eigenvalue weighted by molar-refractivity contribution is 5.95. The van der Waals surface area contributed by atoms with Crippen molar-refractivity contribution in [2.24, 2.45) is 0 Å². The first-order valence-corrected chi connectivity index (χ1v) is 5.48. The Morgan fingerprint density at radius 3 is 2.82 bits per heavy atom. The molecule has 0 fully saturated rings. The lowest BCUT2D eigenvalue weighted by molar-refractivity contribution is -0.117. The van der Waals surface area contributed by atoms with Crippen molar-refractivity contribution < 1.29 is 9.90 Å². The summed E-state index contributed by atoms with van der Waals surface area (Å²) >= 11 is 0. The average Bonchev–Trinajstić information content (AvgIpc) is 2.22. The lowest BCUT2D eigenvalue weighted by Crippen LogP contribution is -2.32. The molecular formula is C12H19N3O2. The summed E-state index contributed by atoms with van der Waals surface area (Å²) in [5, 5.41) is 11.5. The zero-order chi connectivity index (χ0) is 12.8. The van der Waals surface area contributed by atoms with E-state index in [-0.39, 0.29) is 19.1 Å². The number of nitrogens with two attached hydrogens (primary N) is 1. The first kappa shape index (κ1) is 13.5. The van der Waals surface area contributed by atoms with E-state index < -0.39 is 0 Å². The van der Waals surface area contributed by atoms with Gasteiger partial charge in [-0.25, -0.2) is 0 Å². The minimum atomic E-state index is -0.142. The van der Waals surface area contributed by atoms with E-state index in [1.807, 2.05) is 19.1 Å². The molecule has 0 aromatic heterocycles. The van der Waals surface area contributed by atoms with E-state index in [4.69, 9.17) is 10.8 Å². The van der Waals surface area contributed by atoms with Crippen LogP contribution in [0.4, 0.5) is 11.4 Å². The largest absolute Gasteiger partial charge is 0.397 e. The summed E-state index contributed by atoms with van der Waals surface area (Å²) in [5.74, 6) is -0.142. The van der Waals surface area contributed by atoms with Gasteiger partial charge in [0.1, 0.15) is 0 Å². The van der Waals surface area contributed by atoms with Crippen LogP contribution in [0.1, 0.15) is 5.56 Å². The van der Waals surface area contributed by atoms with Gasteiger partial charge in [-0.3, -0.25) is 9.69 Å². The third kappa shape index (κ3) is 4.42. The van der Waals surface area contributed by atoms with Crippen LogP contribution in [0, 0.1) is 6.92 Å². The zero-order valence-electron chi connectivity index (χ0n) is 10.2. The zero-order valence-corrected chi connectivity index (χ0v) is 10.2. The Balaban J connectivity index is 2.56. The number of nitrogens with one attached hydrogen (secondary N) is 1. The van der Waals surface area contributed by atoms with E-state index in [0.29, 0.717) is 17.9 Å². The molecule has 1 rings (SSSR count). The van der Waals surface area contributed by atoms with Crippen LogP contribution in [0.3, 0.4) is 0 Å². The third-order valence-electron chi connectivity index (χ3n) is 2.38. The predicted octanol–water partition coefficient (Wildman–Crippen LogP) is 0.440. The van der Waals surface area contributed by atoms with Crippen molar-refractivity contribution in [3.05, 3.63) is 23.8 Å². The van der Waals surface area contributed by atoms with Gasteiger partial charge in [0.25, 0.3) is 0 Å². The maximum Gasteiger partial charge on any atom is 0.238 e. The van der Waals surface area contributed by atoms with Gasteiger partial charge < -0.3 is 16.2 Å². The van der Waals surface area contributed by atoms with Gasteiger partial charge in [0.05, 0.1) is 24.5 Å². The smallest absolute Gasteiger partial charge is 0.238 e. The second kappa shape index (κ2) is 6.22. The van der Waals surface area contributed by atoms with Crippen LogP contribution in [-0.4, -0.2) is 42.7 Å². The Kier molecular flexibility index (Phi) is 4.93. The molecular weight excluding hydrogens is 218 g/mol. The van der Waals surface area contributed by atoms with Crippen LogP contribution >= 0.6 is 0 Å². The lowest BCUT2D eigenvalue weighted by Gasteiger charge is -2.15. The molecule has 4 N–H and O–H groups in total. The Hall–Kier alpha value is -1.59. The first-order valence-electron chi connectivity index (χ1n) is 5.48. The van der Waals surface area contributed by atoms with Crippen molar-refractivity contribution in [3.8, 4) is 0 Å². The standard InChI is InChI=1S/C12H19N3O2/c1-9-3-4-11(10(13)7-9)14-12(17)8-15(2)5-6-16/h3-4,7,16H,5-6,8,13H2,1-2H3,(H,14,17). The average molecular weight is 237 g/mol. The minimum absolute atomic E-state index is 0.0381. The summed E-state index contributed by atoms with van der Waals surface area (Å²) in [5.41, 5.74) is 8.03. The van der Waals surface area contributed by atoms with Gasteiger partial charge in [-0.1, -0.05) is 6.07 Å². The van der Waals surface area contributed by atoms with Gasteiger partial charge in [-0.15, -0.1) is 0 Å². The molecule has 5 nitrogen and oxygen atoms in total. The van der Waals surface area contributed by atoms with E-state index in [0.717, 1.165) is 5.56 Å². The number of nitrogens with zero attached hydrogens (tertiary/aromatic N) is 1. The first-order chi connectivity index (χ1) is 8.02. The van der Waals surface area contributed by atoms with Gasteiger partial charge in [0.2, 0.25) is 5.91 Å². The molecule has 1 amide bonds. The van der Waals surface area contributed by atoms with Gasteiger partial charge in [-0.05, 0) is 31.7 Å². The van der Waals surface area contributed by atoms with E-state index in [2.05, 4.69) is 5.32 Å². The highest BCUT2D eigenvalue weighted by Crippen LogP contribution is 2.19. The lowest BCUT2D eigenvalue weighted by atomic mass is 10.2. The molecule has 0 radical (unpaired) electrons. The van der Waals surface area contributed by atoms with Crippen molar-refractivity contribution in [2.75, 3.05) is 37.8 Å². The Labute approximate surface area is 101 Å². The number of nitrogen functional groups attached to an aromatic ring is 1. The van der Waals surface area contributed by atoms with Crippen molar-refractivity contribution in [2.45, 2.75) is 6.92 Å². The molecule has 94 valence electrons. The molecule has 5 heteroatoms. The third-order valence-corrected chi connectivity index (χ3v) is 2.38. The number of amides is 1. The number of benzene rings is 1. The second-order valence-corrected chi connectivity index (χ2v) is 4.10. The second-order valence-electron chi connectivity index (χ2n) is 4.10. The van der Waals surface area contributed by atoms with Gasteiger partial charge in [-0.2, -0.15) is 0 Å². The molecule has 0 bridgehead atoms. The summed E-state index contributed by atoms with van der Waals surface area (Å²) in [6, 6.07) is 5.49. The fourth-order valence-electron chi connectivity index (χ4n) is 1.48. The van der Waals surface area contributed by atoms with Crippen LogP contribution in [0.2, 0.25) is 0 Å². The fourth-order valence-corrected chi connectivity index (χ4v) is 1.48. The van der Waals surface area contributed by atoms with Gasteiger partial charge >= 0.3 is 0 Å². The molecule has 17 heavy (non-hydrogen) atoms. The van der Waals surface area contributed by atoms with Crippen molar-refractivity contribution >= 4 is 17.3 Å². The van der Waals surface area contributed by atoms with Crippen molar-refractivity contribution in [1.29, 1.82) is 0 Å². The highest BCUT2D eigenvalue weighted by Gasteiger charge is 2.08. The minimum Gasteiger partial charge on any atom is -0.397 e. The van der Waals surface area contributed by atoms with Crippen LogP contribution in [0.5, 0.6) is 0 Å². The number of aliphatic hydroxyl groups excluding tert-OH is 1. The van der Waals surface area contributed by atoms with Crippen LogP contribution < -0.4 is 11.1 Å². The number of hydrogen-bond acceptors (Lipinski definition) is 4. The Morgan fingerprint density at radius 2 is 2.24 bits per heavy atom. The maximum atomic E-state index is 11.6. The topological polar surface area (TPSA) is 78.6 Å². The Bertz CT molecular complexity index is 393. The van der Waals surface area contributed by atoms with Crippen molar-refractivity contribution in [1.82, 2.24) is 4.90 Å². The summed E-state index contributed by atoms with van der Waals surface area (Å²) < 4.78 is 0. The summed E-state index contributed by atoms with van der Waals surface area (Å²) in [4.78, 5) is 13.4. The number of carbonyl (C=O) groups is 1. The predicted molar refractivity (Wildman–Crippen MR) is 68.8 cm³/mol. The number of aliphatic hydroxyl groups is 1. The number of likely N-dealkylation sites (N-methyl/N-ethyl adjacent to an activating group) is 1. The number of aryl methyl sites for hydroxylation is 1. The molecule has 1 aromatic rings. The SMILES string of the molecule is Cc1ccc(NC(=O)CN(C)CCO)c(N)c1. The molecule has 0 spiro atoms. The summed E-state index contributed by atoms with van der Waals surface area (Å²) in [6.07, 6.45) is 0. The fraction of sp³-hybridized carbons (Fsp3) is 0.417. The molecule has 0 saturated carbocycles.